The Bertz CT molecular complexity index is 1200. The average Bonchev–Trinajstić information content (AvgIpc) is 3.19. The average molecular weight is 530 g/mol. The molecule has 0 spiro atoms. The van der Waals surface area contributed by atoms with Gasteiger partial charge in [0.15, 0.2) is 0 Å². The molecular formula is C32H39N3O4. The maximum absolute atomic E-state index is 13.9. The Labute approximate surface area is 231 Å². The van der Waals surface area contributed by atoms with Gasteiger partial charge in [-0.05, 0) is 49.8 Å². The predicted octanol–water partition coefficient (Wildman–Crippen LogP) is 4.19. The van der Waals surface area contributed by atoms with Crippen molar-refractivity contribution in [2.24, 2.45) is 11.8 Å². The van der Waals surface area contributed by atoms with Gasteiger partial charge in [-0.15, -0.1) is 0 Å². The lowest BCUT2D eigenvalue weighted by atomic mass is 9.85. The molecule has 2 aromatic carbocycles. The Balaban J connectivity index is 1.60. The van der Waals surface area contributed by atoms with Crippen molar-refractivity contribution < 1.29 is 19.2 Å². The van der Waals surface area contributed by atoms with Gasteiger partial charge in [-0.2, -0.15) is 0 Å². The number of allylic oxidation sites excluding steroid dienone is 2. The summed E-state index contributed by atoms with van der Waals surface area (Å²) in [5.41, 5.74) is 2.93. The monoisotopic (exact) mass is 529 g/mol. The molecule has 0 radical (unpaired) electrons. The Kier molecular flexibility index (Phi) is 9.33. The number of hydrogen-bond donors (Lipinski definition) is 1. The van der Waals surface area contributed by atoms with Crippen molar-refractivity contribution in [2.75, 3.05) is 6.54 Å². The summed E-state index contributed by atoms with van der Waals surface area (Å²) in [5.74, 6) is -1.50. The first kappa shape index (κ1) is 28.3. The summed E-state index contributed by atoms with van der Waals surface area (Å²) in [6, 6.07) is 16.7. The van der Waals surface area contributed by atoms with Gasteiger partial charge in [-0.25, -0.2) is 0 Å². The first-order chi connectivity index (χ1) is 18.8. The second kappa shape index (κ2) is 12.9. The Morgan fingerprint density at radius 2 is 1.59 bits per heavy atom. The van der Waals surface area contributed by atoms with E-state index in [9.17, 15) is 19.2 Å². The first-order valence-electron chi connectivity index (χ1n) is 14.0. The van der Waals surface area contributed by atoms with Gasteiger partial charge in [-0.1, -0.05) is 73.7 Å². The lowest BCUT2D eigenvalue weighted by Gasteiger charge is -2.33. The summed E-state index contributed by atoms with van der Waals surface area (Å²) in [7, 11) is 0. The quantitative estimate of drug-likeness (QED) is 0.349. The summed E-state index contributed by atoms with van der Waals surface area (Å²) in [6.07, 6.45) is 6.13. The topological polar surface area (TPSA) is 86.8 Å². The number of likely N-dealkylation sites (tertiary alicyclic amines) is 1. The van der Waals surface area contributed by atoms with Crippen LogP contribution >= 0.6 is 0 Å². The molecule has 1 aliphatic heterocycles. The van der Waals surface area contributed by atoms with Crippen LogP contribution in [-0.4, -0.2) is 52.1 Å². The van der Waals surface area contributed by atoms with Gasteiger partial charge >= 0.3 is 0 Å². The van der Waals surface area contributed by atoms with Gasteiger partial charge in [0.05, 0.1) is 11.8 Å². The van der Waals surface area contributed by atoms with Crippen molar-refractivity contribution in [3.8, 4) is 0 Å². The predicted molar refractivity (Wildman–Crippen MR) is 150 cm³/mol. The smallest absolute Gasteiger partial charge is 0.243 e. The van der Waals surface area contributed by atoms with E-state index in [0.717, 1.165) is 23.1 Å². The zero-order valence-corrected chi connectivity index (χ0v) is 23.1. The fourth-order valence-corrected chi connectivity index (χ4v) is 5.41. The molecule has 4 amide bonds. The summed E-state index contributed by atoms with van der Waals surface area (Å²) >= 11 is 0. The molecule has 2 aliphatic rings. The van der Waals surface area contributed by atoms with Crippen LogP contribution in [0.15, 0.2) is 66.7 Å². The number of rotatable bonds is 11. The van der Waals surface area contributed by atoms with Gasteiger partial charge in [0.1, 0.15) is 6.04 Å². The van der Waals surface area contributed by atoms with Crippen LogP contribution in [0.1, 0.15) is 56.2 Å². The third-order valence-electron chi connectivity index (χ3n) is 8.02. The number of imide groups is 1. The zero-order chi connectivity index (χ0) is 27.9. The number of aryl methyl sites for hydroxylation is 1. The second-order valence-corrected chi connectivity index (χ2v) is 10.7. The summed E-state index contributed by atoms with van der Waals surface area (Å²) in [4.78, 5) is 56.4. The van der Waals surface area contributed by atoms with Crippen molar-refractivity contribution in [1.82, 2.24) is 15.1 Å². The van der Waals surface area contributed by atoms with Crippen molar-refractivity contribution in [3.05, 3.63) is 83.4 Å². The minimum absolute atomic E-state index is 0.0266. The van der Waals surface area contributed by atoms with Crippen LogP contribution in [0.2, 0.25) is 0 Å². The maximum atomic E-state index is 13.9. The molecule has 2 aromatic rings. The number of hydrogen-bond acceptors (Lipinski definition) is 4. The van der Waals surface area contributed by atoms with E-state index in [-0.39, 0.29) is 61.0 Å². The molecule has 1 N–H and O–H groups in total. The molecule has 0 aromatic heterocycles. The molecule has 4 atom stereocenters. The minimum Gasteiger partial charge on any atom is -0.352 e. The molecule has 1 saturated heterocycles. The third-order valence-corrected chi connectivity index (χ3v) is 8.02. The fourth-order valence-electron chi connectivity index (χ4n) is 5.41. The van der Waals surface area contributed by atoms with E-state index < -0.39 is 6.04 Å². The Morgan fingerprint density at radius 3 is 2.21 bits per heavy atom. The van der Waals surface area contributed by atoms with Crippen LogP contribution in [-0.2, 0) is 32.1 Å². The highest BCUT2D eigenvalue weighted by atomic mass is 16.2. The molecule has 4 rings (SSSR count). The molecule has 0 saturated carbocycles. The van der Waals surface area contributed by atoms with Crippen LogP contribution in [0, 0.1) is 18.8 Å². The molecule has 0 bridgehead atoms. The number of carbonyl (C=O) groups excluding carboxylic acids is 4. The van der Waals surface area contributed by atoms with Crippen molar-refractivity contribution in [1.29, 1.82) is 0 Å². The summed E-state index contributed by atoms with van der Waals surface area (Å²) in [6.45, 7) is 6.22. The van der Waals surface area contributed by atoms with E-state index in [2.05, 4.69) is 5.32 Å². The molecule has 1 aliphatic carbocycles. The van der Waals surface area contributed by atoms with Crippen molar-refractivity contribution in [3.63, 3.8) is 0 Å². The second-order valence-electron chi connectivity index (χ2n) is 10.7. The number of fused-ring (bicyclic) bond motifs is 1. The SMILES string of the molecule is CC[C@@H](C)NC(=O)[C@@H](Cc1ccccc1)N(Cc1ccccc1C)C(=O)CCN1C(=O)[C@H]2CC=CC[C@H]2C1=O. The normalized spacial score (nSPS) is 19.9. The highest BCUT2D eigenvalue weighted by molar-refractivity contribution is 6.05. The van der Waals surface area contributed by atoms with E-state index >= 15 is 0 Å². The summed E-state index contributed by atoms with van der Waals surface area (Å²) in [5, 5.41) is 3.07. The molecule has 0 unspecified atom stereocenters. The van der Waals surface area contributed by atoms with E-state index in [1.807, 2.05) is 87.5 Å². The van der Waals surface area contributed by atoms with Gasteiger partial charge in [-0.3, -0.25) is 24.1 Å². The Hall–Kier alpha value is -3.74. The van der Waals surface area contributed by atoms with Gasteiger partial charge in [0.2, 0.25) is 23.6 Å². The van der Waals surface area contributed by atoms with Crippen LogP contribution in [0.3, 0.4) is 0 Å². The lowest BCUT2D eigenvalue weighted by Crippen LogP contribution is -2.52. The van der Waals surface area contributed by atoms with Gasteiger partial charge < -0.3 is 10.2 Å². The van der Waals surface area contributed by atoms with Gasteiger partial charge in [0, 0.05) is 32.0 Å². The molecule has 1 fully saturated rings. The minimum atomic E-state index is -0.745. The standard InChI is InChI=1S/C32H39N3O4/c1-4-23(3)33-30(37)28(20-24-13-6-5-7-14-24)35(21-25-15-9-8-12-22(25)2)29(36)18-19-34-31(38)26-16-10-11-17-27(26)32(34)39/h5-15,23,26-28H,4,16-21H2,1-3H3,(H,33,37)/t23-,26-,27+,28-/m1/s1. The van der Waals surface area contributed by atoms with Crippen molar-refractivity contribution in [2.45, 2.75) is 71.5 Å². The largest absolute Gasteiger partial charge is 0.352 e. The third kappa shape index (κ3) is 6.64. The van der Waals surface area contributed by atoms with Crippen LogP contribution in [0.4, 0.5) is 0 Å². The van der Waals surface area contributed by atoms with Gasteiger partial charge in [0.25, 0.3) is 0 Å². The molecule has 7 heteroatoms. The molecule has 7 nitrogen and oxygen atoms in total. The molecule has 39 heavy (non-hydrogen) atoms. The highest BCUT2D eigenvalue weighted by Crippen LogP contribution is 2.35. The number of nitrogens with zero attached hydrogens (tertiary/aromatic N) is 2. The number of nitrogens with one attached hydrogen (secondary N) is 1. The molecule has 206 valence electrons. The number of carbonyl (C=O) groups is 4. The number of benzene rings is 2. The maximum Gasteiger partial charge on any atom is 0.243 e. The first-order valence-corrected chi connectivity index (χ1v) is 14.0. The fraction of sp³-hybridized carbons (Fsp3) is 0.438. The van der Waals surface area contributed by atoms with E-state index in [1.165, 1.54) is 4.90 Å². The number of amides is 4. The highest BCUT2D eigenvalue weighted by Gasteiger charge is 2.47. The van der Waals surface area contributed by atoms with Crippen LogP contribution < -0.4 is 5.32 Å². The van der Waals surface area contributed by atoms with E-state index in [0.29, 0.717) is 19.3 Å². The van der Waals surface area contributed by atoms with Crippen LogP contribution in [0.25, 0.3) is 0 Å². The molecule has 1 heterocycles. The summed E-state index contributed by atoms with van der Waals surface area (Å²) < 4.78 is 0. The lowest BCUT2D eigenvalue weighted by molar-refractivity contribution is -0.144. The Morgan fingerprint density at radius 1 is 0.974 bits per heavy atom. The zero-order valence-electron chi connectivity index (χ0n) is 23.1. The van der Waals surface area contributed by atoms with Crippen molar-refractivity contribution >= 4 is 23.6 Å². The van der Waals surface area contributed by atoms with E-state index in [4.69, 9.17) is 0 Å². The van der Waals surface area contributed by atoms with E-state index in [1.54, 1.807) is 4.90 Å². The molecular weight excluding hydrogens is 490 g/mol. The van der Waals surface area contributed by atoms with Crippen LogP contribution in [0.5, 0.6) is 0 Å².